The molecule has 2 nitrogen and oxygen atoms in total. The van der Waals surface area contributed by atoms with Gasteiger partial charge in [-0.15, -0.1) is 11.3 Å². The zero-order chi connectivity index (χ0) is 36.5. The molecule has 0 aliphatic rings. The first-order valence-electron chi connectivity index (χ1n) is 18.5. The number of hydrogen-bond acceptors (Lipinski definition) is 3. The highest BCUT2D eigenvalue weighted by Crippen LogP contribution is 2.51. The minimum absolute atomic E-state index is 0.00837. The molecule has 2 heterocycles. The SMILES string of the molecule is CC(C)(C)c1ccc2oc3c(cc(N(c4ccc(-c5ccccc5)cc4)c4ccc(-c5ccccc5)cc4)c4sc5ccc(C(C)(C)C)cc5c43)c2c1. The Morgan fingerprint density at radius 3 is 1.49 bits per heavy atom. The Morgan fingerprint density at radius 2 is 0.962 bits per heavy atom. The number of thiophene rings is 1. The van der Waals surface area contributed by atoms with Gasteiger partial charge in [0.15, 0.2) is 0 Å². The molecule has 7 aromatic carbocycles. The van der Waals surface area contributed by atoms with Crippen LogP contribution in [0.4, 0.5) is 17.1 Å². The van der Waals surface area contributed by atoms with Crippen molar-refractivity contribution in [2.75, 3.05) is 4.90 Å². The average molecular weight is 706 g/mol. The number of benzene rings is 7. The first-order valence-corrected chi connectivity index (χ1v) is 19.3. The number of fused-ring (bicyclic) bond motifs is 7. The van der Waals surface area contributed by atoms with Crippen molar-refractivity contribution in [1.29, 1.82) is 0 Å². The third-order valence-electron chi connectivity index (χ3n) is 10.6. The molecule has 260 valence electrons. The number of furan rings is 1. The molecule has 9 rings (SSSR count). The molecule has 0 radical (unpaired) electrons. The van der Waals surface area contributed by atoms with E-state index in [2.05, 4.69) is 198 Å². The van der Waals surface area contributed by atoms with Gasteiger partial charge < -0.3 is 9.32 Å². The van der Waals surface area contributed by atoms with E-state index in [0.29, 0.717) is 0 Å². The highest BCUT2D eigenvalue weighted by Gasteiger charge is 2.26. The van der Waals surface area contributed by atoms with Crippen molar-refractivity contribution in [3.05, 3.63) is 163 Å². The molecule has 0 saturated heterocycles. The molecular weight excluding hydrogens is 663 g/mol. The summed E-state index contributed by atoms with van der Waals surface area (Å²) < 4.78 is 9.37. The second-order valence-corrected chi connectivity index (χ2v) is 17.3. The fraction of sp³-hybridized carbons (Fsp3) is 0.160. The fourth-order valence-electron chi connectivity index (χ4n) is 7.54. The third kappa shape index (κ3) is 5.90. The van der Waals surface area contributed by atoms with E-state index in [1.807, 2.05) is 11.3 Å². The fourth-order valence-corrected chi connectivity index (χ4v) is 8.73. The summed E-state index contributed by atoms with van der Waals surface area (Å²) in [6.07, 6.45) is 0. The van der Waals surface area contributed by atoms with E-state index in [9.17, 15) is 0 Å². The third-order valence-corrected chi connectivity index (χ3v) is 11.8. The van der Waals surface area contributed by atoms with Crippen LogP contribution in [0, 0.1) is 0 Å². The molecule has 0 atom stereocenters. The van der Waals surface area contributed by atoms with E-state index in [4.69, 9.17) is 4.42 Å². The molecule has 0 aliphatic carbocycles. The highest BCUT2D eigenvalue weighted by atomic mass is 32.1. The van der Waals surface area contributed by atoms with Crippen molar-refractivity contribution in [2.24, 2.45) is 0 Å². The lowest BCUT2D eigenvalue weighted by atomic mass is 9.86. The first-order chi connectivity index (χ1) is 25.5. The van der Waals surface area contributed by atoms with E-state index < -0.39 is 0 Å². The van der Waals surface area contributed by atoms with Gasteiger partial charge in [-0.25, -0.2) is 0 Å². The summed E-state index contributed by atoms with van der Waals surface area (Å²) in [4.78, 5) is 2.44. The molecule has 2 aromatic heterocycles. The Morgan fingerprint density at radius 1 is 0.472 bits per heavy atom. The van der Waals surface area contributed by atoms with Crippen molar-refractivity contribution < 1.29 is 4.42 Å². The summed E-state index contributed by atoms with van der Waals surface area (Å²) in [7, 11) is 0. The minimum atomic E-state index is 0.00837. The van der Waals surface area contributed by atoms with Gasteiger partial charge in [0.05, 0.1) is 10.4 Å². The lowest BCUT2D eigenvalue weighted by molar-refractivity contribution is 0.590. The van der Waals surface area contributed by atoms with Crippen LogP contribution in [0.2, 0.25) is 0 Å². The highest BCUT2D eigenvalue weighted by molar-refractivity contribution is 7.26. The molecule has 3 heteroatoms. The van der Waals surface area contributed by atoms with Crippen molar-refractivity contribution >= 4 is 70.5 Å². The molecule has 0 N–H and O–H groups in total. The largest absolute Gasteiger partial charge is 0.455 e. The van der Waals surface area contributed by atoms with Crippen LogP contribution in [0.5, 0.6) is 0 Å². The van der Waals surface area contributed by atoms with Crippen LogP contribution < -0.4 is 4.90 Å². The molecule has 0 amide bonds. The first kappa shape index (κ1) is 33.2. The summed E-state index contributed by atoms with van der Waals surface area (Å²) >= 11 is 1.86. The quantitative estimate of drug-likeness (QED) is 0.177. The summed E-state index contributed by atoms with van der Waals surface area (Å²) in [5, 5.41) is 4.73. The zero-order valence-electron chi connectivity index (χ0n) is 31.2. The van der Waals surface area contributed by atoms with Gasteiger partial charge in [0.1, 0.15) is 11.2 Å². The van der Waals surface area contributed by atoms with Crippen LogP contribution in [0.3, 0.4) is 0 Å². The van der Waals surface area contributed by atoms with Gasteiger partial charge >= 0.3 is 0 Å². The predicted molar refractivity (Wildman–Crippen MR) is 230 cm³/mol. The second-order valence-electron chi connectivity index (χ2n) is 16.3. The van der Waals surface area contributed by atoms with Gasteiger partial charge in [-0.05, 0) is 98.8 Å². The lowest BCUT2D eigenvalue weighted by Gasteiger charge is -2.27. The van der Waals surface area contributed by atoms with Crippen molar-refractivity contribution in [2.45, 2.75) is 52.4 Å². The Hall–Kier alpha value is -5.64. The normalized spacial score (nSPS) is 12.3. The van der Waals surface area contributed by atoms with Crippen molar-refractivity contribution in [1.82, 2.24) is 0 Å². The molecule has 0 bridgehead atoms. The van der Waals surface area contributed by atoms with Gasteiger partial charge in [0, 0.05) is 37.6 Å². The van der Waals surface area contributed by atoms with E-state index in [-0.39, 0.29) is 10.8 Å². The number of hydrogen-bond donors (Lipinski definition) is 0. The van der Waals surface area contributed by atoms with Gasteiger partial charge in [-0.1, -0.05) is 139 Å². The van der Waals surface area contributed by atoms with Crippen LogP contribution in [0.25, 0.3) is 64.4 Å². The number of anilines is 3. The Balaban J connectivity index is 1.35. The Bertz CT molecular complexity index is 2670. The topological polar surface area (TPSA) is 16.4 Å². The standard InChI is InChI=1S/C50H43NOS/c1-49(2,3)36-21-27-44-40(29-36)41-31-43(48-46(47(41)52-44)42-30-37(50(4,5)6)22-28-45(42)53-48)51(38-23-17-34(18-24-38)32-13-9-7-10-14-32)39-25-19-35(20-26-39)33-15-11-8-12-16-33/h7-31H,1-6H3. The molecular formula is C50H43NOS. The number of nitrogens with zero attached hydrogens (tertiary/aromatic N) is 1. The van der Waals surface area contributed by atoms with Crippen LogP contribution in [0.15, 0.2) is 156 Å². The summed E-state index contributed by atoms with van der Waals surface area (Å²) in [5.41, 5.74) is 12.7. The van der Waals surface area contributed by atoms with E-state index in [0.717, 1.165) is 39.0 Å². The van der Waals surface area contributed by atoms with E-state index in [1.54, 1.807) is 0 Å². The monoisotopic (exact) mass is 705 g/mol. The molecule has 0 saturated carbocycles. The van der Waals surface area contributed by atoms with Crippen LogP contribution in [0.1, 0.15) is 52.7 Å². The second kappa shape index (κ2) is 12.5. The molecule has 0 spiro atoms. The maximum absolute atomic E-state index is 6.89. The van der Waals surface area contributed by atoms with Crippen LogP contribution >= 0.6 is 11.3 Å². The summed E-state index contributed by atoms with van der Waals surface area (Å²) in [6, 6.07) is 55.4. The smallest absolute Gasteiger partial charge is 0.144 e. The Kier molecular flexibility index (Phi) is 7.83. The maximum atomic E-state index is 6.89. The van der Waals surface area contributed by atoms with Gasteiger partial charge in [0.25, 0.3) is 0 Å². The van der Waals surface area contributed by atoms with E-state index >= 15 is 0 Å². The Labute approximate surface area is 316 Å². The predicted octanol–water partition coefficient (Wildman–Crippen LogP) is 15.4. The summed E-state index contributed by atoms with van der Waals surface area (Å²) in [6.45, 7) is 13.7. The van der Waals surface area contributed by atoms with Gasteiger partial charge in [0.2, 0.25) is 0 Å². The van der Waals surface area contributed by atoms with Crippen molar-refractivity contribution in [3.63, 3.8) is 0 Å². The van der Waals surface area contributed by atoms with Crippen molar-refractivity contribution in [3.8, 4) is 22.3 Å². The molecule has 0 fully saturated rings. The van der Waals surface area contributed by atoms with Gasteiger partial charge in [-0.3, -0.25) is 0 Å². The molecule has 9 aromatic rings. The maximum Gasteiger partial charge on any atom is 0.144 e. The summed E-state index contributed by atoms with van der Waals surface area (Å²) in [5.74, 6) is 0. The molecule has 0 unspecified atom stereocenters. The van der Waals surface area contributed by atoms with Gasteiger partial charge in [-0.2, -0.15) is 0 Å². The molecule has 53 heavy (non-hydrogen) atoms. The minimum Gasteiger partial charge on any atom is -0.455 e. The number of rotatable bonds is 5. The van der Waals surface area contributed by atoms with Crippen LogP contribution in [-0.2, 0) is 10.8 Å². The van der Waals surface area contributed by atoms with Crippen LogP contribution in [-0.4, -0.2) is 0 Å². The molecule has 0 aliphatic heterocycles. The average Bonchev–Trinajstić information content (AvgIpc) is 3.73. The zero-order valence-corrected chi connectivity index (χ0v) is 32.0. The van der Waals surface area contributed by atoms with E-state index in [1.165, 1.54) is 53.6 Å². The lowest BCUT2D eigenvalue weighted by Crippen LogP contribution is -2.10.